The summed E-state index contributed by atoms with van der Waals surface area (Å²) in [5.74, 6) is -0.0675. The van der Waals surface area contributed by atoms with Crippen LogP contribution in [0.5, 0.6) is 17.4 Å². The van der Waals surface area contributed by atoms with Crippen molar-refractivity contribution in [2.24, 2.45) is 0 Å². The second kappa shape index (κ2) is 6.52. The summed E-state index contributed by atoms with van der Waals surface area (Å²) in [7, 11) is 1.43. The van der Waals surface area contributed by atoms with Gasteiger partial charge in [0.25, 0.3) is 5.88 Å². The maximum Gasteiger partial charge on any atom is 0.261 e. The highest BCUT2D eigenvalue weighted by atomic mass is 19.1. The van der Waals surface area contributed by atoms with E-state index >= 15 is 0 Å². The molecule has 0 radical (unpaired) electrons. The van der Waals surface area contributed by atoms with Crippen molar-refractivity contribution in [2.45, 2.75) is 6.92 Å². The number of nitrogens with one attached hydrogen (secondary N) is 1. The molecule has 1 heterocycles. The molecule has 0 aliphatic heterocycles. The van der Waals surface area contributed by atoms with E-state index in [4.69, 9.17) is 14.7 Å². The number of aromatic nitrogens is 2. The summed E-state index contributed by atoms with van der Waals surface area (Å²) in [6.07, 6.45) is 1.02. The Hall–Kier alpha value is -2.88. The highest BCUT2D eigenvalue weighted by Crippen LogP contribution is 2.32. The number of ether oxygens (including phenoxy) is 2. The maximum atomic E-state index is 13.7. The van der Waals surface area contributed by atoms with Gasteiger partial charge >= 0.3 is 0 Å². The predicted molar refractivity (Wildman–Crippen MR) is 73.9 cm³/mol. The molecule has 0 aliphatic rings. The Morgan fingerprint density at radius 1 is 1.38 bits per heavy atom. The summed E-state index contributed by atoms with van der Waals surface area (Å²) in [5, 5.41) is 11.7. The summed E-state index contributed by atoms with van der Waals surface area (Å²) in [6, 6.07) is 6.55. The van der Waals surface area contributed by atoms with E-state index in [1.807, 2.05) is 13.0 Å². The Morgan fingerprint density at radius 3 is 2.86 bits per heavy atom. The SMILES string of the molecule is CCNc1ncc(F)c(Oc2ccc(C#N)cc2OC)n1. The first-order valence-electron chi connectivity index (χ1n) is 6.20. The molecule has 0 atom stereocenters. The number of hydrogen-bond donors (Lipinski definition) is 1. The molecule has 0 amide bonds. The minimum Gasteiger partial charge on any atom is -0.493 e. The summed E-state index contributed by atoms with van der Waals surface area (Å²) >= 11 is 0. The standard InChI is InChI=1S/C14H13FN4O2/c1-3-17-14-18-8-10(15)13(19-14)21-11-5-4-9(7-16)6-12(11)20-2/h4-6,8H,3H2,1-2H3,(H,17,18,19). The molecule has 1 aromatic heterocycles. The number of benzene rings is 1. The highest BCUT2D eigenvalue weighted by Gasteiger charge is 2.13. The van der Waals surface area contributed by atoms with Crippen molar-refractivity contribution < 1.29 is 13.9 Å². The molecule has 0 aliphatic carbocycles. The van der Waals surface area contributed by atoms with E-state index in [0.29, 0.717) is 17.9 Å². The summed E-state index contributed by atoms with van der Waals surface area (Å²) in [5.41, 5.74) is 0.413. The number of anilines is 1. The number of rotatable bonds is 5. The van der Waals surface area contributed by atoms with E-state index in [1.54, 1.807) is 6.07 Å². The average molecular weight is 288 g/mol. The van der Waals surface area contributed by atoms with Gasteiger partial charge in [0.15, 0.2) is 11.5 Å². The summed E-state index contributed by atoms with van der Waals surface area (Å²) < 4.78 is 24.2. The number of methoxy groups -OCH3 is 1. The van der Waals surface area contributed by atoms with E-state index in [2.05, 4.69) is 15.3 Å². The molecular weight excluding hydrogens is 275 g/mol. The molecule has 1 N–H and O–H groups in total. The third kappa shape index (κ3) is 3.36. The number of nitrogens with zero attached hydrogens (tertiary/aromatic N) is 3. The number of hydrogen-bond acceptors (Lipinski definition) is 6. The molecule has 0 fully saturated rings. The lowest BCUT2D eigenvalue weighted by Crippen LogP contribution is -2.04. The zero-order chi connectivity index (χ0) is 15.2. The second-order valence-corrected chi connectivity index (χ2v) is 3.96. The Morgan fingerprint density at radius 2 is 2.19 bits per heavy atom. The van der Waals surface area contributed by atoms with Crippen molar-refractivity contribution in [3.05, 3.63) is 35.8 Å². The first kappa shape index (κ1) is 14.5. The van der Waals surface area contributed by atoms with Gasteiger partial charge in [-0.3, -0.25) is 0 Å². The smallest absolute Gasteiger partial charge is 0.261 e. The Bertz CT molecular complexity index is 685. The van der Waals surface area contributed by atoms with Gasteiger partial charge < -0.3 is 14.8 Å². The molecule has 2 aromatic rings. The molecule has 21 heavy (non-hydrogen) atoms. The van der Waals surface area contributed by atoms with Gasteiger partial charge in [-0.1, -0.05) is 0 Å². The van der Waals surface area contributed by atoms with Crippen LogP contribution in [0.3, 0.4) is 0 Å². The third-order valence-corrected chi connectivity index (χ3v) is 2.55. The third-order valence-electron chi connectivity index (χ3n) is 2.55. The van der Waals surface area contributed by atoms with E-state index in [1.165, 1.54) is 19.2 Å². The van der Waals surface area contributed by atoms with Crippen molar-refractivity contribution in [3.63, 3.8) is 0 Å². The molecule has 2 rings (SSSR count). The maximum absolute atomic E-state index is 13.7. The molecule has 0 saturated carbocycles. The van der Waals surface area contributed by atoms with Crippen LogP contribution in [-0.4, -0.2) is 23.6 Å². The van der Waals surface area contributed by atoms with E-state index in [9.17, 15) is 4.39 Å². The monoisotopic (exact) mass is 288 g/mol. The van der Waals surface area contributed by atoms with Gasteiger partial charge in [0.1, 0.15) is 0 Å². The van der Waals surface area contributed by atoms with Crippen LogP contribution >= 0.6 is 0 Å². The highest BCUT2D eigenvalue weighted by molar-refractivity contribution is 5.48. The van der Waals surface area contributed by atoms with Crippen LogP contribution in [0.2, 0.25) is 0 Å². The normalized spacial score (nSPS) is 9.81. The van der Waals surface area contributed by atoms with Crippen molar-refractivity contribution in [1.29, 1.82) is 5.26 Å². The average Bonchev–Trinajstić information content (AvgIpc) is 2.51. The van der Waals surface area contributed by atoms with Crippen LogP contribution in [0.4, 0.5) is 10.3 Å². The van der Waals surface area contributed by atoms with Crippen LogP contribution in [0.15, 0.2) is 24.4 Å². The van der Waals surface area contributed by atoms with Gasteiger partial charge in [0.05, 0.1) is 24.9 Å². The lowest BCUT2D eigenvalue weighted by Gasteiger charge is -2.11. The molecule has 108 valence electrons. The van der Waals surface area contributed by atoms with Crippen molar-refractivity contribution in [1.82, 2.24) is 9.97 Å². The molecular formula is C14H13FN4O2. The first-order chi connectivity index (χ1) is 10.2. The molecule has 1 aromatic carbocycles. The van der Waals surface area contributed by atoms with Crippen LogP contribution in [0.25, 0.3) is 0 Å². The minimum absolute atomic E-state index is 0.219. The van der Waals surface area contributed by atoms with Crippen LogP contribution in [0.1, 0.15) is 12.5 Å². The lowest BCUT2D eigenvalue weighted by atomic mass is 10.2. The van der Waals surface area contributed by atoms with E-state index < -0.39 is 5.82 Å². The van der Waals surface area contributed by atoms with Gasteiger partial charge in [-0.05, 0) is 19.1 Å². The zero-order valence-electron chi connectivity index (χ0n) is 11.6. The van der Waals surface area contributed by atoms with Gasteiger partial charge in [-0.25, -0.2) is 4.98 Å². The predicted octanol–water partition coefficient (Wildman–Crippen LogP) is 2.72. The van der Waals surface area contributed by atoms with Crippen LogP contribution < -0.4 is 14.8 Å². The van der Waals surface area contributed by atoms with E-state index in [0.717, 1.165) is 6.20 Å². The van der Waals surface area contributed by atoms with Gasteiger partial charge in [-0.2, -0.15) is 14.6 Å². The van der Waals surface area contributed by atoms with Gasteiger partial charge in [-0.15, -0.1) is 0 Å². The second-order valence-electron chi connectivity index (χ2n) is 3.96. The quantitative estimate of drug-likeness (QED) is 0.911. The first-order valence-corrected chi connectivity index (χ1v) is 6.20. The Balaban J connectivity index is 2.33. The minimum atomic E-state index is -0.692. The summed E-state index contributed by atoms with van der Waals surface area (Å²) in [6.45, 7) is 2.47. The van der Waals surface area contributed by atoms with Crippen molar-refractivity contribution in [3.8, 4) is 23.4 Å². The van der Waals surface area contributed by atoms with Gasteiger partial charge in [0, 0.05) is 12.6 Å². The fraction of sp³-hybridized carbons (Fsp3) is 0.214. The molecule has 7 heteroatoms. The summed E-state index contributed by atoms with van der Waals surface area (Å²) in [4.78, 5) is 7.72. The fourth-order valence-electron chi connectivity index (χ4n) is 1.59. The lowest BCUT2D eigenvalue weighted by molar-refractivity contribution is 0.363. The molecule has 0 bridgehead atoms. The molecule has 0 saturated heterocycles. The molecule has 0 unspecified atom stereocenters. The number of nitriles is 1. The number of halogens is 1. The zero-order valence-corrected chi connectivity index (χ0v) is 11.6. The van der Waals surface area contributed by atoms with Crippen molar-refractivity contribution in [2.75, 3.05) is 19.0 Å². The Kier molecular flexibility index (Phi) is 4.51. The topological polar surface area (TPSA) is 80.1 Å². The van der Waals surface area contributed by atoms with Crippen molar-refractivity contribution >= 4 is 5.95 Å². The molecule has 0 spiro atoms. The van der Waals surface area contributed by atoms with E-state index in [-0.39, 0.29) is 17.6 Å². The van der Waals surface area contributed by atoms with Crippen LogP contribution in [-0.2, 0) is 0 Å². The fourth-order valence-corrected chi connectivity index (χ4v) is 1.59. The van der Waals surface area contributed by atoms with Crippen LogP contribution in [0, 0.1) is 17.1 Å². The Labute approximate surface area is 121 Å². The molecule has 6 nitrogen and oxygen atoms in total. The largest absolute Gasteiger partial charge is 0.493 e. The van der Waals surface area contributed by atoms with Gasteiger partial charge in [0.2, 0.25) is 11.8 Å².